The van der Waals surface area contributed by atoms with Crippen molar-refractivity contribution >= 4 is 0 Å². The van der Waals surface area contributed by atoms with Gasteiger partial charge in [0.1, 0.15) is 0 Å². The first-order valence-electron chi connectivity index (χ1n) is 3.29. The number of aromatic nitrogens is 9. The highest BCUT2D eigenvalue weighted by Gasteiger charge is 2.06. The zero-order valence-corrected chi connectivity index (χ0v) is 6.52. The minimum Gasteiger partial charge on any atom is -0.131 e. The van der Waals surface area contributed by atoms with E-state index in [0.29, 0.717) is 5.82 Å². The minimum absolute atomic E-state index is 0.148. The molecule has 0 aromatic carbocycles. The van der Waals surface area contributed by atoms with Crippen molar-refractivity contribution in [2.24, 2.45) is 0 Å². The van der Waals surface area contributed by atoms with Crippen LogP contribution < -0.4 is 0 Å². The molecule has 0 bridgehead atoms. The lowest BCUT2D eigenvalue weighted by atomic mass is 10.6. The van der Waals surface area contributed by atoms with Crippen molar-refractivity contribution in [3.8, 4) is 11.6 Å². The molecule has 0 aliphatic carbocycles. The zero-order valence-electron chi connectivity index (χ0n) is 6.52. The Bertz CT molecular complexity index is 382. The second kappa shape index (κ2) is 3.05. The highest BCUT2D eigenvalue weighted by molar-refractivity contribution is 5.37. The summed E-state index contributed by atoms with van der Waals surface area (Å²) in [7, 11) is 0. The summed E-state index contributed by atoms with van der Waals surface area (Å²) in [5.41, 5.74) is 0. The van der Waals surface area contributed by atoms with E-state index in [2.05, 4.69) is 46.2 Å². The molecule has 0 atom stereocenters. The number of hydrogen-bond acceptors (Lipinski definition) is 9. The van der Waals surface area contributed by atoms with Crippen molar-refractivity contribution in [3.63, 3.8) is 0 Å². The van der Waals surface area contributed by atoms with E-state index in [0.717, 1.165) is 0 Å². The molecule has 0 radical (unpaired) electrons. The Morgan fingerprint density at radius 3 is 1.77 bits per heavy atom. The molecule has 0 spiro atoms. The van der Waals surface area contributed by atoms with E-state index in [9.17, 15) is 0 Å². The van der Waals surface area contributed by atoms with Crippen LogP contribution in [0.2, 0.25) is 0 Å². The monoisotopic (exact) mass is 177 g/mol. The van der Waals surface area contributed by atoms with Gasteiger partial charge in [0, 0.05) is 0 Å². The van der Waals surface area contributed by atoms with E-state index in [1.807, 2.05) is 0 Å². The van der Waals surface area contributed by atoms with Crippen LogP contribution in [0, 0.1) is 6.92 Å². The molecule has 64 valence electrons. The fourth-order valence-electron chi connectivity index (χ4n) is 0.621. The van der Waals surface area contributed by atoms with E-state index in [-0.39, 0.29) is 11.6 Å². The zero-order chi connectivity index (χ0) is 9.10. The summed E-state index contributed by atoms with van der Waals surface area (Å²) in [5, 5.41) is 31.5. The van der Waals surface area contributed by atoms with Crippen LogP contribution in [0.1, 0.15) is 5.82 Å². The van der Waals surface area contributed by atoms with E-state index in [4.69, 9.17) is 0 Å². The first-order valence-corrected chi connectivity index (χ1v) is 3.29. The molecule has 0 unspecified atom stereocenters. The highest BCUT2D eigenvalue weighted by atomic mass is 15.5. The van der Waals surface area contributed by atoms with Crippen LogP contribution in [-0.2, 0) is 0 Å². The van der Waals surface area contributed by atoms with Crippen molar-refractivity contribution in [1.29, 1.82) is 0 Å². The number of hydrogen-bond donors (Lipinski definition) is 0. The third-order valence-electron chi connectivity index (χ3n) is 1.14. The molecular formula is C4H3N9. The maximum atomic E-state index is 3.69. The second-order valence-corrected chi connectivity index (χ2v) is 2.06. The molecule has 0 saturated heterocycles. The summed E-state index contributed by atoms with van der Waals surface area (Å²) in [4.78, 5) is 0. The Balaban J connectivity index is 2.42. The first-order chi connectivity index (χ1) is 6.36. The molecule has 0 saturated carbocycles. The van der Waals surface area contributed by atoms with Crippen molar-refractivity contribution in [2.45, 2.75) is 6.92 Å². The molecule has 0 fully saturated rings. The van der Waals surface area contributed by atoms with E-state index in [1.54, 1.807) is 6.92 Å². The number of aryl methyl sites for hydroxylation is 1. The average molecular weight is 177 g/mol. The van der Waals surface area contributed by atoms with Gasteiger partial charge in [-0.3, -0.25) is 0 Å². The summed E-state index contributed by atoms with van der Waals surface area (Å²) in [5.74, 6) is 0.793. The van der Waals surface area contributed by atoms with Crippen LogP contribution in [0.3, 0.4) is 0 Å². The molecule has 0 aliphatic rings. The third-order valence-corrected chi connectivity index (χ3v) is 1.14. The Morgan fingerprint density at radius 1 is 0.615 bits per heavy atom. The summed E-state index contributed by atoms with van der Waals surface area (Å²) in [6, 6.07) is 0. The van der Waals surface area contributed by atoms with Crippen LogP contribution in [0.5, 0.6) is 0 Å². The van der Waals surface area contributed by atoms with Gasteiger partial charge in [-0.25, -0.2) is 0 Å². The van der Waals surface area contributed by atoms with Gasteiger partial charge < -0.3 is 0 Å². The van der Waals surface area contributed by atoms with Crippen LogP contribution in [0.15, 0.2) is 0 Å². The standard InChI is InChI=1S/C4H3N9/c1-2-5-7-3(8-6-2)4-9-11-13-12-10-4/h1H3. The predicted octanol–water partition coefficient (Wildman–Crippen LogP) is -1.78. The molecule has 9 nitrogen and oxygen atoms in total. The number of rotatable bonds is 1. The SMILES string of the molecule is Cc1nnc(-c2nnnnn2)nn1. The van der Waals surface area contributed by atoms with Gasteiger partial charge in [-0.15, -0.1) is 30.6 Å². The van der Waals surface area contributed by atoms with Crippen molar-refractivity contribution in [1.82, 2.24) is 46.2 Å². The molecule has 2 aromatic heterocycles. The summed E-state index contributed by atoms with van der Waals surface area (Å²) in [6.45, 7) is 1.67. The van der Waals surface area contributed by atoms with Gasteiger partial charge in [-0.05, 0) is 22.6 Å². The van der Waals surface area contributed by atoms with Crippen LogP contribution in [0.25, 0.3) is 11.6 Å². The molecule has 13 heavy (non-hydrogen) atoms. The van der Waals surface area contributed by atoms with Gasteiger partial charge >= 0.3 is 0 Å². The average Bonchev–Trinajstić information content (AvgIpc) is 2.20. The molecule has 0 amide bonds. The lowest BCUT2D eigenvalue weighted by Crippen LogP contribution is -2.04. The van der Waals surface area contributed by atoms with E-state index >= 15 is 0 Å². The van der Waals surface area contributed by atoms with Gasteiger partial charge in [0.05, 0.1) is 0 Å². The Morgan fingerprint density at radius 2 is 1.15 bits per heavy atom. The Labute approximate surface area is 71.6 Å². The lowest BCUT2D eigenvalue weighted by Gasteiger charge is -1.91. The first kappa shape index (κ1) is 7.46. The van der Waals surface area contributed by atoms with Gasteiger partial charge in [-0.2, -0.15) is 0 Å². The van der Waals surface area contributed by atoms with Gasteiger partial charge in [0.25, 0.3) is 0 Å². The smallest absolute Gasteiger partial charge is 0.131 e. The Hall–Kier alpha value is -2.19. The van der Waals surface area contributed by atoms with E-state index in [1.165, 1.54) is 0 Å². The summed E-state index contributed by atoms with van der Waals surface area (Å²) < 4.78 is 0. The summed E-state index contributed by atoms with van der Waals surface area (Å²) in [6.07, 6.45) is 0. The predicted molar refractivity (Wildman–Crippen MR) is 36.8 cm³/mol. The minimum atomic E-state index is 0.148. The third kappa shape index (κ3) is 1.52. The molecule has 2 heterocycles. The number of nitrogens with zero attached hydrogens (tertiary/aromatic N) is 9. The second-order valence-electron chi connectivity index (χ2n) is 2.06. The van der Waals surface area contributed by atoms with Crippen molar-refractivity contribution < 1.29 is 0 Å². The molecule has 0 aliphatic heterocycles. The largest absolute Gasteiger partial charge is 0.248 e. The van der Waals surface area contributed by atoms with Crippen molar-refractivity contribution in [2.75, 3.05) is 0 Å². The van der Waals surface area contributed by atoms with Crippen LogP contribution >= 0.6 is 0 Å². The van der Waals surface area contributed by atoms with E-state index < -0.39 is 0 Å². The fourth-order valence-corrected chi connectivity index (χ4v) is 0.621. The molecular weight excluding hydrogens is 174 g/mol. The molecule has 2 rings (SSSR count). The topological polar surface area (TPSA) is 116 Å². The molecule has 0 N–H and O–H groups in total. The van der Waals surface area contributed by atoms with Gasteiger partial charge in [0.15, 0.2) is 5.82 Å². The normalized spacial score (nSPS) is 9.92. The van der Waals surface area contributed by atoms with Crippen LogP contribution in [-0.4, -0.2) is 46.2 Å². The lowest BCUT2D eigenvalue weighted by molar-refractivity contribution is 0.675. The Kier molecular flexibility index (Phi) is 1.75. The molecule has 2 aromatic rings. The van der Waals surface area contributed by atoms with Gasteiger partial charge in [0.2, 0.25) is 11.6 Å². The molecule has 9 heteroatoms. The van der Waals surface area contributed by atoms with Gasteiger partial charge in [-0.1, -0.05) is 0 Å². The highest BCUT2D eigenvalue weighted by Crippen LogP contribution is 1.99. The maximum absolute atomic E-state index is 3.69. The van der Waals surface area contributed by atoms with Crippen molar-refractivity contribution in [3.05, 3.63) is 5.82 Å². The van der Waals surface area contributed by atoms with Crippen LogP contribution in [0.4, 0.5) is 0 Å². The fraction of sp³-hybridized carbons (Fsp3) is 0.250. The maximum Gasteiger partial charge on any atom is 0.248 e. The quantitative estimate of drug-likeness (QED) is 0.498. The summed E-state index contributed by atoms with van der Waals surface area (Å²) >= 11 is 0.